The maximum absolute atomic E-state index is 9.81. The van der Waals surface area contributed by atoms with Crippen molar-refractivity contribution in [3.63, 3.8) is 0 Å². The van der Waals surface area contributed by atoms with Gasteiger partial charge in [-0.25, -0.2) is 4.98 Å². The highest BCUT2D eigenvalue weighted by molar-refractivity contribution is 5.80. The van der Waals surface area contributed by atoms with E-state index in [0.717, 1.165) is 17.0 Å². The average Bonchev–Trinajstić information content (AvgIpc) is 3.37. The number of anilines is 2. The molecule has 4 aromatic rings. The van der Waals surface area contributed by atoms with Crippen molar-refractivity contribution >= 4 is 22.8 Å². The number of hydrogen-bond acceptors (Lipinski definition) is 3. The number of aromatic nitrogens is 2. The van der Waals surface area contributed by atoms with Gasteiger partial charge in [-0.1, -0.05) is 84.9 Å². The van der Waals surface area contributed by atoms with Gasteiger partial charge in [0.05, 0.1) is 5.69 Å². The fourth-order valence-electron chi connectivity index (χ4n) is 3.05. The summed E-state index contributed by atoms with van der Waals surface area (Å²) in [6, 6.07) is 19.0. The van der Waals surface area contributed by atoms with Crippen LogP contribution in [0, 0.1) is 13.8 Å². The lowest BCUT2D eigenvalue weighted by Crippen LogP contribution is -1.97. The molecule has 0 spiro atoms. The highest BCUT2D eigenvalue weighted by atomic mass is 16.1. The minimum atomic E-state index is 0.255. The summed E-state index contributed by atoms with van der Waals surface area (Å²) in [6.45, 7) is 19.7. The van der Waals surface area contributed by atoms with Crippen LogP contribution in [0.25, 0.3) is 16.8 Å². The first-order chi connectivity index (χ1) is 17.0. The second kappa shape index (κ2) is 18.0. The van der Waals surface area contributed by atoms with Crippen LogP contribution in [0.4, 0.5) is 11.4 Å². The quantitative estimate of drug-likeness (QED) is 0.320. The van der Waals surface area contributed by atoms with E-state index in [4.69, 9.17) is 0 Å². The van der Waals surface area contributed by atoms with Gasteiger partial charge in [0.25, 0.3) is 0 Å². The number of fused-ring (bicyclic) bond motifs is 1. The average molecular weight is 476 g/mol. The van der Waals surface area contributed by atoms with Crippen molar-refractivity contribution in [2.45, 2.75) is 75.7 Å². The molecule has 2 heterocycles. The lowest BCUT2D eigenvalue weighted by Gasteiger charge is -2.12. The Morgan fingerprint density at radius 2 is 1.54 bits per heavy atom. The topological polar surface area (TPSA) is 46.4 Å². The number of rotatable bonds is 4. The van der Waals surface area contributed by atoms with Crippen LogP contribution in [-0.2, 0) is 4.79 Å². The molecular formula is C31H45N3O. The van der Waals surface area contributed by atoms with Crippen molar-refractivity contribution < 1.29 is 4.79 Å². The van der Waals surface area contributed by atoms with Gasteiger partial charge in [0, 0.05) is 36.3 Å². The number of ketones is 1. The first-order valence-electron chi connectivity index (χ1n) is 12.8. The van der Waals surface area contributed by atoms with Crippen molar-refractivity contribution in [3.8, 4) is 11.1 Å². The van der Waals surface area contributed by atoms with Gasteiger partial charge in [-0.2, -0.15) is 0 Å². The summed E-state index contributed by atoms with van der Waals surface area (Å²) in [5.74, 6) is 0.255. The van der Waals surface area contributed by atoms with E-state index in [1.165, 1.54) is 22.3 Å². The van der Waals surface area contributed by atoms with Crippen molar-refractivity contribution in [3.05, 3.63) is 84.3 Å². The molecule has 0 atom stereocenters. The smallest absolute Gasteiger partial charge is 0.160 e. The molecule has 0 saturated carbocycles. The molecule has 2 aromatic heterocycles. The van der Waals surface area contributed by atoms with Gasteiger partial charge >= 0.3 is 0 Å². The zero-order valence-corrected chi connectivity index (χ0v) is 23.4. The molecule has 0 aliphatic rings. The third-order valence-electron chi connectivity index (χ3n) is 4.74. The summed E-state index contributed by atoms with van der Waals surface area (Å²) in [7, 11) is 0. The van der Waals surface area contributed by atoms with E-state index in [-0.39, 0.29) is 5.78 Å². The molecule has 0 saturated heterocycles. The number of pyridine rings is 1. The third-order valence-corrected chi connectivity index (χ3v) is 4.74. The van der Waals surface area contributed by atoms with E-state index in [0.29, 0.717) is 6.42 Å². The number of carbonyl (C=O) groups is 1. The van der Waals surface area contributed by atoms with E-state index < -0.39 is 0 Å². The molecule has 4 rings (SSSR count). The van der Waals surface area contributed by atoms with Gasteiger partial charge in [0.2, 0.25) is 0 Å². The van der Waals surface area contributed by atoms with Crippen LogP contribution < -0.4 is 5.32 Å². The molecule has 0 fully saturated rings. The summed E-state index contributed by atoms with van der Waals surface area (Å²) >= 11 is 0. The Kier molecular flexibility index (Phi) is 16.2. The normalized spacial score (nSPS) is 9.09. The van der Waals surface area contributed by atoms with Crippen molar-refractivity contribution in [1.82, 2.24) is 9.38 Å². The van der Waals surface area contributed by atoms with Crippen molar-refractivity contribution in [2.75, 3.05) is 5.32 Å². The number of imidazole rings is 1. The molecule has 4 nitrogen and oxygen atoms in total. The molecule has 0 unspecified atom stereocenters. The number of Topliss-reactive ketones (excluding diaryl/α,β-unsaturated/α-hetero) is 1. The first-order valence-corrected chi connectivity index (χ1v) is 12.8. The molecule has 0 aliphatic carbocycles. The Bertz CT molecular complexity index is 1130. The second-order valence-corrected chi connectivity index (χ2v) is 7.17. The minimum Gasteiger partial charge on any atom is -0.352 e. The second-order valence-electron chi connectivity index (χ2n) is 7.17. The van der Waals surface area contributed by atoms with E-state index in [1.54, 1.807) is 6.92 Å². The van der Waals surface area contributed by atoms with Gasteiger partial charge in [0.15, 0.2) is 5.65 Å². The van der Waals surface area contributed by atoms with Gasteiger partial charge in [-0.15, -0.1) is 0 Å². The fraction of sp³-hybridized carbons (Fsp3) is 0.355. The minimum absolute atomic E-state index is 0.255. The van der Waals surface area contributed by atoms with Gasteiger partial charge < -0.3 is 14.5 Å². The van der Waals surface area contributed by atoms with Crippen LogP contribution in [0.1, 0.15) is 72.9 Å². The Hall–Kier alpha value is -3.40. The molecular weight excluding hydrogens is 430 g/mol. The molecule has 190 valence electrons. The van der Waals surface area contributed by atoms with E-state index >= 15 is 0 Å². The Morgan fingerprint density at radius 3 is 2.11 bits per heavy atom. The van der Waals surface area contributed by atoms with E-state index in [1.807, 2.05) is 60.9 Å². The largest absolute Gasteiger partial charge is 0.352 e. The zero-order chi connectivity index (χ0) is 26.8. The SMILES string of the molecule is CC.CC.CC.CCC(C)=O.Cc1cccc(Nc2cc(-c3ccccc3C)cn3ccnc23)c1. The zero-order valence-electron chi connectivity index (χ0n) is 23.4. The number of carbonyl (C=O) groups excluding carboxylic acids is 1. The third kappa shape index (κ3) is 10.2. The van der Waals surface area contributed by atoms with Crippen LogP contribution in [0.2, 0.25) is 0 Å². The Balaban J connectivity index is 0.000000911. The molecule has 35 heavy (non-hydrogen) atoms. The highest BCUT2D eigenvalue weighted by Gasteiger charge is 2.09. The predicted molar refractivity (Wildman–Crippen MR) is 155 cm³/mol. The van der Waals surface area contributed by atoms with Gasteiger partial charge in [-0.3, -0.25) is 0 Å². The maximum Gasteiger partial charge on any atom is 0.160 e. The van der Waals surface area contributed by atoms with Crippen LogP contribution >= 0.6 is 0 Å². The van der Waals surface area contributed by atoms with Crippen LogP contribution in [-0.4, -0.2) is 15.2 Å². The number of aryl methyl sites for hydroxylation is 2. The molecule has 2 aromatic carbocycles. The Morgan fingerprint density at radius 1 is 0.914 bits per heavy atom. The summed E-state index contributed by atoms with van der Waals surface area (Å²) in [5.41, 5.74) is 7.91. The van der Waals surface area contributed by atoms with E-state index in [9.17, 15) is 4.79 Å². The fourth-order valence-corrected chi connectivity index (χ4v) is 3.05. The molecule has 0 bridgehead atoms. The lowest BCUT2D eigenvalue weighted by atomic mass is 10.0. The van der Waals surface area contributed by atoms with Crippen molar-refractivity contribution in [2.24, 2.45) is 0 Å². The Labute approximate surface area is 213 Å². The molecule has 1 N–H and O–H groups in total. The standard InChI is InChI=1S/C21H19N3.C4H8O.3C2H6/c1-15-6-5-8-18(12-15)23-20-13-17(14-24-11-10-22-21(20)24)19-9-4-3-7-16(19)2;1-3-4(2)5;3*1-2/h3-14,23H,1-2H3;3H2,1-2H3;3*1-2H3. The summed E-state index contributed by atoms with van der Waals surface area (Å²) in [6.07, 6.45) is 6.61. The van der Waals surface area contributed by atoms with Crippen LogP contribution in [0.3, 0.4) is 0 Å². The van der Waals surface area contributed by atoms with Crippen molar-refractivity contribution in [1.29, 1.82) is 0 Å². The van der Waals surface area contributed by atoms with Gasteiger partial charge in [-0.05, 0) is 55.7 Å². The molecule has 0 aliphatic heterocycles. The molecule has 0 radical (unpaired) electrons. The lowest BCUT2D eigenvalue weighted by molar-refractivity contribution is -0.116. The first kappa shape index (κ1) is 31.6. The molecule has 4 heteroatoms. The van der Waals surface area contributed by atoms with E-state index in [2.05, 4.69) is 89.3 Å². The van der Waals surface area contributed by atoms with Crippen LogP contribution in [0.5, 0.6) is 0 Å². The highest BCUT2D eigenvalue weighted by Crippen LogP contribution is 2.29. The number of nitrogens with zero attached hydrogens (tertiary/aromatic N) is 2. The summed E-state index contributed by atoms with van der Waals surface area (Å²) < 4.78 is 2.07. The molecule has 0 amide bonds. The summed E-state index contributed by atoms with van der Waals surface area (Å²) in [4.78, 5) is 14.3. The summed E-state index contributed by atoms with van der Waals surface area (Å²) in [5, 5.41) is 3.52. The number of benzene rings is 2. The predicted octanol–water partition coefficient (Wildman–Crippen LogP) is 9.43. The van der Waals surface area contributed by atoms with Gasteiger partial charge in [0.1, 0.15) is 5.78 Å². The number of hydrogen-bond donors (Lipinski definition) is 1. The van der Waals surface area contributed by atoms with Crippen LogP contribution in [0.15, 0.2) is 73.2 Å². The maximum atomic E-state index is 9.81. The monoisotopic (exact) mass is 475 g/mol. The number of nitrogens with one attached hydrogen (secondary N) is 1.